The Morgan fingerprint density at radius 2 is 0.677 bits per heavy atom. The van der Waals surface area contributed by atoms with E-state index in [0.29, 0.717) is 26.1 Å². The number of carboxylic acid groups (broad SMARTS) is 2. The van der Waals surface area contributed by atoms with Crippen LogP contribution in [-0.4, -0.2) is 97.2 Å². The molecule has 0 aromatic heterocycles. The van der Waals surface area contributed by atoms with Gasteiger partial charge in [0, 0.05) is 13.8 Å². The Balaban J connectivity index is 0.00000124. The van der Waals surface area contributed by atoms with E-state index in [1.54, 1.807) is 0 Å². The van der Waals surface area contributed by atoms with Crippen molar-refractivity contribution >= 4 is 72.8 Å². The molecule has 0 radical (unpaired) electrons. The van der Waals surface area contributed by atoms with Crippen molar-refractivity contribution in [2.75, 3.05) is 0 Å². The van der Waals surface area contributed by atoms with Crippen molar-refractivity contribution in [1.29, 1.82) is 0 Å². The number of hydrogen-bond acceptors (Lipinski definition) is 10. The maximum atomic E-state index is 11.3. The summed E-state index contributed by atoms with van der Waals surface area (Å²) in [5.41, 5.74) is 1.94. The predicted molar refractivity (Wildman–Crippen MR) is 258 cm³/mol. The van der Waals surface area contributed by atoms with Crippen LogP contribution in [0.1, 0.15) is 219 Å². The van der Waals surface area contributed by atoms with Crippen LogP contribution in [0.5, 0.6) is 0 Å². The molecule has 0 saturated heterocycles. The van der Waals surface area contributed by atoms with E-state index in [1.165, 1.54) is 90.9 Å². The monoisotopic (exact) mass is 1030 g/mol. The maximum absolute atomic E-state index is 11.3. The molecular formula is C54H86BaO10. The third-order valence-electron chi connectivity index (χ3n) is 11.5. The Kier molecular flexibility index (Phi) is 42.8. The molecule has 4 unspecified atom stereocenters. The summed E-state index contributed by atoms with van der Waals surface area (Å²) in [4.78, 5) is 45.1. The van der Waals surface area contributed by atoms with Gasteiger partial charge in [-0.25, -0.2) is 0 Å². The summed E-state index contributed by atoms with van der Waals surface area (Å²) in [7, 11) is 0. The SMILES string of the molecule is CCCCCC(CCCCCCCCCCC(OCc1ccccc1)C(=O)[O-])OC(C)=O.CCCCCC(CCCCCCCCCCC(OCc1ccccc1)C(=O)[O-])OC(C)=O.[Ba+2]. The van der Waals surface area contributed by atoms with Crippen molar-refractivity contribution in [1.82, 2.24) is 0 Å². The van der Waals surface area contributed by atoms with E-state index in [2.05, 4.69) is 13.8 Å². The van der Waals surface area contributed by atoms with E-state index in [1.807, 2.05) is 60.7 Å². The average molecular weight is 1030 g/mol. The van der Waals surface area contributed by atoms with Gasteiger partial charge in [-0.1, -0.05) is 190 Å². The number of benzene rings is 2. The van der Waals surface area contributed by atoms with Crippen molar-refractivity contribution in [3.05, 3.63) is 71.8 Å². The van der Waals surface area contributed by atoms with Crippen LogP contribution >= 0.6 is 0 Å². The van der Waals surface area contributed by atoms with E-state index in [9.17, 15) is 29.4 Å². The van der Waals surface area contributed by atoms with Crippen LogP contribution in [0, 0.1) is 0 Å². The van der Waals surface area contributed by atoms with Gasteiger partial charge in [-0.15, -0.1) is 0 Å². The van der Waals surface area contributed by atoms with Gasteiger partial charge < -0.3 is 38.7 Å². The Hall–Kier alpha value is -2.19. The quantitative estimate of drug-likeness (QED) is 0.0358. The predicted octanol–water partition coefficient (Wildman–Crippen LogP) is 11.1. The standard InChI is InChI=1S/2C27H44O5.Ba/c2*1-3-4-12-19-25(32-23(2)28)20-15-9-7-5-6-8-10-16-21-26(27(29)30)31-22-24-17-13-11-14-18-24;/h2*11,13-14,17-18,25-26H,3-10,12,15-16,19-22H2,1-2H3,(H,29,30);/q;;+2/p-2. The zero-order chi connectivity index (χ0) is 46.9. The zero-order valence-corrected chi connectivity index (χ0v) is 45.5. The molecule has 0 fully saturated rings. The number of aliphatic carboxylic acids is 2. The van der Waals surface area contributed by atoms with E-state index in [0.717, 1.165) is 101 Å². The molecule has 10 nitrogen and oxygen atoms in total. The molecule has 4 atom stereocenters. The summed E-state index contributed by atoms with van der Waals surface area (Å²) in [5.74, 6) is -2.58. The van der Waals surface area contributed by atoms with Crippen LogP contribution in [0.2, 0.25) is 0 Å². The van der Waals surface area contributed by atoms with Crippen molar-refractivity contribution in [2.45, 2.75) is 245 Å². The number of ether oxygens (including phenoxy) is 4. The van der Waals surface area contributed by atoms with Crippen LogP contribution in [0.3, 0.4) is 0 Å². The van der Waals surface area contributed by atoms with E-state index in [4.69, 9.17) is 18.9 Å². The molecule has 2 rings (SSSR count). The summed E-state index contributed by atoms with van der Waals surface area (Å²) < 4.78 is 22.0. The molecule has 0 spiro atoms. The molecule has 0 amide bonds. The van der Waals surface area contributed by atoms with E-state index in [-0.39, 0.29) is 73.0 Å². The van der Waals surface area contributed by atoms with E-state index >= 15 is 0 Å². The Bertz CT molecular complexity index is 1320. The number of carbonyl (C=O) groups excluding carboxylic acids is 4. The molecule has 11 heteroatoms. The molecule has 0 aliphatic heterocycles. The first-order valence-electron chi connectivity index (χ1n) is 25.1. The van der Waals surface area contributed by atoms with Gasteiger partial charge in [0.05, 0.1) is 37.4 Å². The van der Waals surface area contributed by atoms with Gasteiger partial charge in [-0.05, 0) is 75.3 Å². The van der Waals surface area contributed by atoms with Gasteiger partial charge in [-0.3, -0.25) is 9.59 Å². The van der Waals surface area contributed by atoms with Gasteiger partial charge in [-0.2, -0.15) is 0 Å². The van der Waals surface area contributed by atoms with Crippen LogP contribution in [-0.2, 0) is 51.3 Å². The molecular weight excluding hydrogens is 946 g/mol. The second-order valence-corrected chi connectivity index (χ2v) is 17.5. The topological polar surface area (TPSA) is 151 Å². The number of esters is 2. The van der Waals surface area contributed by atoms with Gasteiger partial charge >= 0.3 is 60.8 Å². The van der Waals surface area contributed by atoms with Crippen molar-refractivity contribution in [3.8, 4) is 0 Å². The number of unbranched alkanes of at least 4 members (excludes halogenated alkanes) is 18. The van der Waals surface area contributed by atoms with E-state index < -0.39 is 24.1 Å². The molecule has 0 heterocycles. The first-order valence-corrected chi connectivity index (χ1v) is 25.1. The van der Waals surface area contributed by atoms with Crippen LogP contribution in [0.4, 0.5) is 0 Å². The zero-order valence-electron chi connectivity index (χ0n) is 41.1. The molecule has 65 heavy (non-hydrogen) atoms. The van der Waals surface area contributed by atoms with Gasteiger partial charge in [0.15, 0.2) is 0 Å². The maximum Gasteiger partial charge on any atom is 2.00 e. The smallest absolute Gasteiger partial charge is 0.547 e. The minimum atomic E-state index is -1.12. The molecule has 0 aliphatic rings. The Morgan fingerprint density at radius 1 is 0.415 bits per heavy atom. The fourth-order valence-electron chi connectivity index (χ4n) is 7.84. The van der Waals surface area contributed by atoms with Crippen LogP contribution in [0.15, 0.2) is 60.7 Å². The first kappa shape index (κ1) is 62.8. The van der Waals surface area contributed by atoms with Crippen molar-refractivity contribution in [2.24, 2.45) is 0 Å². The van der Waals surface area contributed by atoms with Crippen molar-refractivity contribution < 1.29 is 48.3 Å². The Labute approximate surface area is 434 Å². The summed E-state index contributed by atoms with van der Waals surface area (Å²) >= 11 is 0. The minimum Gasteiger partial charge on any atom is -0.547 e. The normalized spacial score (nSPS) is 12.7. The third kappa shape index (κ3) is 38.5. The minimum absolute atomic E-state index is 0. The van der Waals surface area contributed by atoms with Gasteiger partial charge in [0.1, 0.15) is 12.2 Å². The summed E-state index contributed by atoms with van der Waals surface area (Å²) in [6.45, 7) is 7.96. The molecule has 2 aromatic carbocycles. The third-order valence-corrected chi connectivity index (χ3v) is 11.5. The van der Waals surface area contributed by atoms with Crippen LogP contribution < -0.4 is 10.2 Å². The first-order chi connectivity index (χ1) is 31.0. The summed E-state index contributed by atoms with van der Waals surface area (Å²) in [5, 5.41) is 22.6. The number of hydrogen-bond donors (Lipinski definition) is 0. The largest absolute Gasteiger partial charge is 2.00 e. The van der Waals surface area contributed by atoms with Crippen molar-refractivity contribution in [3.63, 3.8) is 0 Å². The fraction of sp³-hybridized carbons (Fsp3) is 0.704. The molecule has 2 aromatic rings. The number of carboxylic acids is 2. The second kappa shape index (κ2) is 44.3. The summed E-state index contributed by atoms with van der Waals surface area (Å²) in [6, 6.07) is 19.2. The molecule has 0 bridgehead atoms. The van der Waals surface area contributed by atoms with Crippen LogP contribution in [0.25, 0.3) is 0 Å². The second-order valence-electron chi connectivity index (χ2n) is 17.5. The Morgan fingerprint density at radius 3 is 0.938 bits per heavy atom. The fourth-order valence-corrected chi connectivity index (χ4v) is 7.84. The molecule has 0 N–H and O–H groups in total. The molecule has 0 aliphatic carbocycles. The van der Waals surface area contributed by atoms with Gasteiger partial charge in [0.2, 0.25) is 0 Å². The summed E-state index contributed by atoms with van der Waals surface area (Å²) in [6.07, 6.45) is 28.1. The number of rotatable bonds is 40. The average Bonchev–Trinajstić information content (AvgIpc) is 3.27. The molecule has 0 saturated carbocycles. The number of carbonyl (C=O) groups is 4. The van der Waals surface area contributed by atoms with Gasteiger partial charge in [0.25, 0.3) is 0 Å². The molecule has 364 valence electrons.